The summed E-state index contributed by atoms with van der Waals surface area (Å²) in [6.45, 7) is 3.29. The second-order valence-corrected chi connectivity index (χ2v) is 7.08. The number of carbonyl (C=O) groups excluding carboxylic acids is 1. The molecule has 0 bridgehead atoms. The van der Waals surface area contributed by atoms with Crippen molar-refractivity contribution in [3.63, 3.8) is 0 Å². The van der Waals surface area contributed by atoms with E-state index in [4.69, 9.17) is 11.6 Å². The van der Waals surface area contributed by atoms with Crippen molar-refractivity contribution in [2.45, 2.75) is 38.3 Å². The number of nitrogens with zero attached hydrogens (tertiary/aromatic N) is 3. The van der Waals surface area contributed by atoms with Crippen LogP contribution in [0.5, 0.6) is 0 Å². The first-order valence-corrected chi connectivity index (χ1v) is 9.20. The van der Waals surface area contributed by atoms with E-state index in [1.165, 1.54) is 12.1 Å². The Labute approximate surface area is 154 Å². The van der Waals surface area contributed by atoms with Crippen molar-refractivity contribution >= 4 is 17.5 Å². The second kappa shape index (κ2) is 8.02. The van der Waals surface area contributed by atoms with Crippen LogP contribution in [-0.4, -0.2) is 33.7 Å². The van der Waals surface area contributed by atoms with Crippen LogP contribution in [0.4, 0.5) is 0 Å². The highest BCUT2D eigenvalue weighted by Gasteiger charge is 2.28. The van der Waals surface area contributed by atoms with Crippen LogP contribution >= 0.6 is 11.6 Å². The normalized spacial score (nSPS) is 19.6. The second-order valence-electron chi connectivity index (χ2n) is 6.67. The Kier molecular flexibility index (Phi) is 5.76. The third-order valence-electron chi connectivity index (χ3n) is 4.91. The molecule has 2 aromatic rings. The monoisotopic (exact) mass is 360 g/mol. The maximum Gasteiger partial charge on any atom is 0.234 e. The van der Waals surface area contributed by atoms with Crippen molar-refractivity contribution in [1.29, 1.82) is 0 Å². The summed E-state index contributed by atoms with van der Waals surface area (Å²) in [6.07, 6.45) is 5.19. The van der Waals surface area contributed by atoms with Crippen LogP contribution in [0.2, 0.25) is 5.02 Å². The summed E-state index contributed by atoms with van der Waals surface area (Å²) < 4.78 is 1.91. The molecule has 6 heteroatoms. The number of piperidine rings is 1. The fourth-order valence-electron chi connectivity index (χ4n) is 3.60. The lowest BCUT2D eigenvalue weighted by Gasteiger charge is -2.35. The van der Waals surface area contributed by atoms with E-state index < -0.39 is 0 Å². The Hall–Kier alpha value is -1.85. The van der Waals surface area contributed by atoms with Gasteiger partial charge in [-0.1, -0.05) is 36.2 Å². The van der Waals surface area contributed by atoms with Gasteiger partial charge in [0.1, 0.15) is 0 Å². The zero-order valence-electron chi connectivity index (χ0n) is 14.8. The van der Waals surface area contributed by atoms with Gasteiger partial charge in [-0.15, -0.1) is 0 Å². The molecule has 0 aliphatic carbocycles. The third kappa shape index (κ3) is 4.22. The highest BCUT2D eigenvalue weighted by atomic mass is 35.5. The van der Waals surface area contributed by atoms with Gasteiger partial charge in [-0.25, -0.2) is 0 Å². The molecular weight excluding hydrogens is 336 g/mol. The smallest absolute Gasteiger partial charge is 0.234 e. The Balaban J connectivity index is 1.65. The summed E-state index contributed by atoms with van der Waals surface area (Å²) in [7, 11) is 1.96. The Morgan fingerprint density at radius 1 is 1.36 bits per heavy atom. The Morgan fingerprint density at radius 2 is 2.16 bits per heavy atom. The van der Waals surface area contributed by atoms with Gasteiger partial charge >= 0.3 is 0 Å². The SMILES string of the molecule is CC(NC(=O)CN1CCCCC1c1ccnn1C)c1ccccc1Cl. The summed E-state index contributed by atoms with van der Waals surface area (Å²) in [5, 5.41) is 8.04. The number of likely N-dealkylation sites (tertiary alicyclic amines) is 1. The number of hydrogen-bond acceptors (Lipinski definition) is 3. The minimum absolute atomic E-state index is 0.0292. The molecule has 1 aliphatic heterocycles. The molecule has 1 amide bonds. The molecule has 0 radical (unpaired) electrons. The number of halogens is 1. The van der Waals surface area contributed by atoms with E-state index in [0.29, 0.717) is 11.6 Å². The van der Waals surface area contributed by atoms with Crippen molar-refractivity contribution in [2.24, 2.45) is 7.05 Å². The first-order valence-electron chi connectivity index (χ1n) is 8.82. The standard InChI is InChI=1S/C19H25ClN4O/c1-14(15-7-3-4-8-16(15)20)22-19(25)13-24-12-6-5-9-18(24)17-10-11-21-23(17)2/h3-4,7-8,10-11,14,18H,5-6,9,12-13H2,1-2H3,(H,22,25). The summed E-state index contributed by atoms with van der Waals surface area (Å²) in [4.78, 5) is 14.8. The molecule has 1 saturated heterocycles. The van der Waals surface area contributed by atoms with E-state index in [9.17, 15) is 4.79 Å². The van der Waals surface area contributed by atoms with E-state index in [2.05, 4.69) is 15.3 Å². The van der Waals surface area contributed by atoms with Crippen molar-refractivity contribution in [3.8, 4) is 0 Å². The molecule has 3 rings (SSSR count). The number of rotatable bonds is 5. The molecule has 0 saturated carbocycles. The first kappa shape index (κ1) is 18.0. The molecule has 134 valence electrons. The van der Waals surface area contributed by atoms with Crippen LogP contribution in [0.25, 0.3) is 0 Å². The van der Waals surface area contributed by atoms with E-state index in [0.717, 1.165) is 24.9 Å². The zero-order valence-corrected chi connectivity index (χ0v) is 15.5. The lowest BCUT2D eigenvalue weighted by molar-refractivity contribution is -0.123. The molecule has 2 unspecified atom stereocenters. The van der Waals surface area contributed by atoms with Crippen molar-refractivity contribution in [3.05, 3.63) is 52.8 Å². The number of nitrogens with one attached hydrogen (secondary N) is 1. The molecular formula is C19H25ClN4O. The predicted molar refractivity (Wildman–Crippen MR) is 99.4 cm³/mol. The molecule has 2 heterocycles. The molecule has 25 heavy (non-hydrogen) atoms. The zero-order chi connectivity index (χ0) is 17.8. The van der Waals surface area contributed by atoms with Crippen LogP contribution in [-0.2, 0) is 11.8 Å². The maximum atomic E-state index is 12.6. The molecule has 2 atom stereocenters. The molecule has 1 fully saturated rings. The van der Waals surface area contributed by atoms with Gasteiger partial charge in [0.25, 0.3) is 0 Å². The minimum atomic E-state index is -0.110. The van der Waals surface area contributed by atoms with Gasteiger partial charge in [-0.3, -0.25) is 14.4 Å². The average molecular weight is 361 g/mol. The van der Waals surface area contributed by atoms with Crippen molar-refractivity contribution in [2.75, 3.05) is 13.1 Å². The van der Waals surface area contributed by atoms with Crippen molar-refractivity contribution in [1.82, 2.24) is 20.0 Å². The molecule has 1 aromatic carbocycles. The quantitative estimate of drug-likeness (QED) is 0.888. The number of amides is 1. The summed E-state index contributed by atoms with van der Waals surface area (Å²) >= 11 is 6.23. The van der Waals surface area contributed by atoms with Gasteiger partial charge in [0.05, 0.1) is 24.3 Å². The highest BCUT2D eigenvalue weighted by Crippen LogP contribution is 2.30. The number of aromatic nitrogens is 2. The van der Waals surface area contributed by atoms with E-state index in [1.807, 2.05) is 55.2 Å². The van der Waals surface area contributed by atoms with Crippen LogP contribution in [0.3, 0.4) is 0 Å². The van der Waals surface area contributed by atoms with Gasteiger partial charge < -0.3 is 5.32 Å². The van der Waals surface area contributed by atoms with Crippen LogP contribution < -0.4 is 5.32 Å². The number of benzene rings is 1. The Morgan fingerprint density at radius 3 is 2.88 bits per heavy atom. The lowest BCUT2D eigenvalue weighted by Crippen LogP contribution is -2.42. The highest BCUT2D eigenvalue weighted by molar-refractivity contribution is 6.31. The van der Waals surface area contributed by atoms with Crippen molar-refractivity contribution < 1.29 is 4.79 Å². The lowest BCUT2D eigenvalue weighted by atomic mass is 9.99. The van der Waals surface area contributed by atoms with E-state index in [1.54, 1.807) is 0 Å². The third-order valence-corrected chi connectivity index (χ3v) is 5.25. The molecule has 1 N–H and O–H groups in total. The number of hydrogen-bond donors (Lipinski definition) is 1. The molecule has 5 nitrogen and oxygen atoms in total. The summed E-state index contributed by atoms with van der Waals surface area (Å²) in [5.41, 5.74) is 2.12. The molecule has 1 aliphatic rings. The topological polar surface area (TPSA) is 50.2 Å². The number of aryl methyl sites for hydroxylation is 1. The predicted octanol–water partition coefficient (Wildman–Crippen LogP) is 3.48. The van der Waals surface area contributed by atoms with Crippen LogP contribution in [0, 0.1) is 0 Å². The first-order chi connectivity index (χ1) is 12.1. The van der Waals surface area contributed by atoms with Gasteiger partial charge in [0.15, 0.2) is 0 Å². The summed E-state index contributed by atoms with van der Waals surface area (Å²) in [5.74, 6) is 0.0292. The largest absolute Gasteiger partial charge is 0.348 e. The fourth-order valence-corrected chi connectivity index (χ4v) is 3.90. The van der Waals surface area contributed by atoms with Gasteiger partial charge in [0, 0.05) is 18.3 Å². The van der Waals surface area contributed by atoms with Crippen LogP contribution in [0.15, 0.2) is 36.5 Å². The molecule has 1 aromatic heterocycles. The average Bonchev–Trinajstić information content (AvgIpc) is 3.01. The van der Waals surface area contributed by atoms with Gasteiger partial charge in [-0.05, 0) is 44.0 Å². The van der Waals surface area contributed by atoms with Gasteiger partial charge in [0.2, 0.25) is 5.91 Å². The minimum Gasteiger partial charge on any atom is -0.348 e. The van der Waals surface area contributed by atoms with Gasteiger partial charge in [-0.2, -0.15) is 5.10 Å². The van der Waals surface area contributed by atoms with E-state index >= 15 is 0 Å². The summed E-state index contributed by atoms with van der Waals surface area (Å²) in [6, 6.07) is 9.82. The maximum absolute atomic E-state index is 12.6. The van der Waals surface area contributed by atoms with E-state index in [-0.39, 0.29) is 18.0 Å². The molecule has 0 spiro atoms. The fraction of sp³-hybridized carbons (Fsp3) is 0.474. The Bertz CT molecular complexity index is 730. The number of carbonyl (C=O) groups is 1. The van der Waals surface area contributed by atoms with Crippen LogP contribution in [0.1, 0.15) is 49.5 Å².